The number of carbonyl (C=O) groups excluding carboxylic acids is 1. The van der Waals surface area contributed by atoms with Crippen LogP contribution < -0.4 is 5.32 Å². The highest BCUT2D eigenvalue weighted by Crippen LogP contribution is 2.24. The molecule has 1 N–H and O–H groups in total. The van der Waals surface area contributed by atoms with Crippen molar-refractivity contribution in [3.05, 3.63) is 89.5 Å². The highest BCUT2D eigenvalue weighted by molar-refractivity contribution is 5.98. The SMILES string of the molecule is O=C(NCc1nnc2n1-c1ccccc1CC2)c1ccc2ccccc2c1. The number of hydrogen-bond acceptors (Lipinski definition) is 3. The van der Waals surface area contributed by atoms with Crippen LogP contribution in [0.2, 0.25) is 0 Å². The number of nitrogens with one attached hydrogen (secondary N) is 1. The summed E-state index contributed by atoms with van der Waals surface area (Å²) in [7, 11) is 0. The molecule has 0 fully saturated rings. The summed E-state index contributed by atoms with van der Waals surface area (Å²) in [5.74, 6) is 1.59. The number of hydrogen-bond donors (Lipinski definition) is 1. The van der Waals surface area contributed by atoms with E-state index in [0.717, 1.165) is 41.0 Å². The van der Waals surface area contributed by atoms with Crippen molar-refractivity contribution in [1.82, 2.24) is 20.1 Å². The van der Waals surface area contributed by atoms with Gasteiger partial charge in [-0.05, 0) is 41.0 Å². The van der Waals surface area contributed by atoms with Crippen LogP contribution in [0.3, 0.4) is 0 Å². The third kappa shape index (κ3) is 2.77. The largest absolute Gasteiger partial charge is 0.345 e. The number of amides is 1. The zero-order valence-corrected chi connectivity index (χ0v) is 14.7. The Hall–Kier alpha value is -3.47. The Morgan fingerprint density at radius 2 is 1.74 bits per heavy atom. The number of rotatable bonds is 3. The Bertz CT molecular complexity index is 1160. The quantitative estimate of drug-likeness (QED) is 0.613. The van der Waals surface area contributed by atoms with Gasteiger partial charge in [-0.3, -0.25) is 9.36 Å². The van der Waals surface area contributed by atoms with Crippen molar-refractivity contribution in [3.63, 3.8) is 0 Å². The van der Waals surface area contributed by atoms with Crippen LogP contribution in [0.4, 0.5) is 0 Å². The third-order valence-electron chi connectivity index (χ3n) is 5.07. The van der Waals surface area contributed by atoms with Gasteiger partial charge in [-0.1, -0.05) is 48.5 Å². The fourth-order valence-corrected chi connectivity index (χ4v) is 3.69. The lowest BCUT2D eigenvalue weighted by atomic mass is 10.0. The van der Waals surface area contributed by atoms with E-state index in [-0.39, 0.29) is 5.91 Å². The lowest BCUT2D eigenvalue weighted by Crippen LogP contribution is -2.25. The van der Waals surface area contributed by atoms with Gasteiger partial charge in [0.2, 0.25) is 0 Å². The van der Waals surface area contributed by atoms with E-state index in [9.17, 15) is 4.79 Å². The molecule has 5 rings (SSSR count). The van der Waals surface area contributed by atoms with Gasteiger partial charge in [0, 0.05) is 12.0 Å². The smallest absolute Gasteiger partial charge is 0.251 e. The number of fused-ring (bicyclic) bond motifs is 4. The zero-order valence-electron chi connectivity index (χ0n) is 14.7. The lowest BCUT2D eigenvalue weighted by Gasteiger charge is -2.19. The summed E-state index contributed by atoms with van der Waals surface area (Å²) >= 11 is 0. The molecule has 0 saturated carbocycles. The van der Waals surface area contributed by atoms with Gasteiger partial charge in [-0.15, -0.1) is 10.2 Å². The highest BCUT2D eigenvalue weighted by atomic mass is 16.1. The van der Waals surface area contributed by atoms with Gasteiger partial charge < -0.3 is 5.32 Å². The average molecular weight is 354 g/mol. The monoisotopic (exact) mass is 354 g/mol. The third-order valence-corrected chi connectivity index (χ3v) is 5.07. The molecule has 0 unspecified atom stereocenters. The topological polar surface area (TPSA) is 59.8 Å². The van der Waals surface area contributed by atoms with Crippen molar-refractivity contribution >= 4 is 16.7 Å². The van der Waals surface area contributed by atoms with E-state index in [1.807, 2.05) is 48.5 Å². The lowest BCUT2D eigenvalue weighted by molar-refractivity contribution is 0.0950. The second-order valence-corrected chi connectivity index (χ2v) is 6.74. The molecule has 1 amide bonds. The Morgan fingerprint density at radius 1 is 0.926 bits per heavy atom. The first-order valence-electron chi connectivity index (χ1n) is 9.08. The van der Waals surface area contributed by atoms with Gasteiger partial charge in [-0.25, -0.2) is 0 Å². The van der Waals surface area contributed by atoms with Crippen molar-refractivity contribution in [2.75, 3.05) is 0 Å². The predicted octanol–water partition coefficient (Wildman–Crippen LogP) is 3.45. The van der Waals surface area contributed by atoms with E-state index in [0.29, 0.717) is 12.1 Å². The highest BCUT2D eigenvalue weighted by Gasteiger charge is 2.21. The zero-order chi connectivity index (χ0) is 18.2. The van der Waals surface area contributed by atoms with E-state index >= 15 is 0 Å². The van der Waals surface area contributed by atoms with Crippen LogP contribution in [0.15, 0.2) is 66.7 Å². The maximum atomic E-state index is 12.6. The molecule has 0 atom stereocenters. The van der Waals surface area contributed by atoms with E-state index in [1.165, 1.54) is 5.56 Å². The van der Waals surface area contributed by atoms with Crippen LogP contribution in [0, 0.1) is 0 Å². The molecule has 0 bridgehead atoms. The van der Waals surface area contributed by atoms with Crippen LogP contribution in [0.1, 0.15) is 27.6 Å². The maximum Gasteiger partial charge on any atom is 0.251 e. The minimum absolute atomic E-state index is 0.109. The minimum atomic E-state index is -0.109. The molecule has 1 aromatic heterocycles. The Kier molecular flexibility index (Phi) is 3.71. The fourth-order valence-electron chi connectivity index (χ4n) is 3.69. The summed E-state index contributed by atoms with van der Waals surface area (Å²) in [4.78, 5) is 12.6. The Labute approximate surface area is 156 Å². The molecule has 5 heteroatoms. The average Bonchev–Trinajstić information content (AvgIpc) is 3.15. The van der Waals surface area contributed by atoms with E-state index in [1.54, 1.807) is 0 Å². The van der Waals surface area contributed by atoms with Gasteiger partial charge >= 0.3 is 0 Å². The number of nitrogens with zero attached hydrogens (tertiary/aromatic N) is 3. The standard InChI is InChI=1S/C22H18N4O/c27-22(18-10-9-15-5-1-2-7-17(15)13-18)23-14-21-25-24-20-12-11-16-6-3-4-8-19(16)26(20)21/h1-10,13H,11-12,14H2,(H,23,27). The summed E-state index contributed by atoms with van der Waals surface area (Å²) in [6, 6.07) is 22.0. The molecule has 5 nitrogen and oxygen atoms in total. The number of aryl methyl sites for hydroxylation is 2. The first-order valence-corrected chi connectivity index (χ1v) is 9.08. The molecule has 1 aliphatic rings. The number of para-hydroxylation sites is 1. The van der Waals surface area contributed by atoms with Crippen LogP contribution in [0.5, 0.6) is 0 Å². The number of carbonyl (C=O) groups is 1. The van der Waals surface area contributed by atoms with E-state index in [4.69, 9.17) is 0 Å². The van der Waals surface area contributed by atoms with Gasteiger partial charge in [0.05, 0.1) is 12.2 Å². The van der Waals surface area contributed by atoms with Crippen molar-refractivity contribution in [2.24, 2.45) is 0 Å². The normalized spacial score (nSPS) is 12.4. The minimum Gasteiger partial charge on any atom is -0.345 e. The molecule has 2 heterocycles. The van der Waals surface area contributed by atoms with E-state index < -0.39 is 0 Å². The van der Waals surface area contributed by atoms with Crippen LogP contribution in [-0.4, -0.2) is 20.7 Å². The molecule has 0 aliphatic carbocycles. The van der Waals surface area contributed by atoms with Crippen molar-refractivity contribution < 1.29 is 4.79 Å². The summed E-state index contributed by atoms with van der Waals surface area (Å²) in [5, 5.41) is 13.8. The van der Waals surface area contributed by atoms with E-state index in [2.05, 4.69) is 38.3 Å². The van der Waals surface area contributed by atoms with Gasteiger partial charge in [0.15, 0.2) is 5.82 Å². The molecule has 0 saturated heterocycles. The molecular weight excluding hydrogens is 336 g/mol. The number of benzene rings is 3. The first kappa shape index (κ1) is 15.8. The molecule has 27 heavy (non-hydrogen) atoms. The molecule has 0 spiro atoms. The van der Waals surface area contributed by atoms with Gasteiger partial charge in [-0.2, -0.15) is 0 Å². The summed E-state index contributed by atoms with van der Waals surface area (Å²) in [5.41, 5.74) is 3.04. The summed E-state index contributed by atoms with van der Waals surface area (Å²) < 4.78 is 2.07. The molecule has 3 aromatic carbocycles. The second kappa shape index (κ2) is 6.36. The van der Waals surface area contributed by atoms with Crippen molar-refractivity contribution in [2.45, 2.75) is 19.4 Å². The molecule has 4 aromatic rings. The number of aromatic nitrogens is 3. The first-order chi connectivity index (χ1) is 13.3. The van der Waals surface area contributed by atoms with Crippen LogP contribution in [0.25, 0.3) is 16.5 Å². The molecule has 132 valence electrons. The van der Waals surface area contributed by atoms with Gasteiger partial charge in [0.25, 0.3) is 5.91 Å². The molecule has 0 radical (unpaired) electrons. The predicted molar refractivity (Wildman–Crippen MR) is 104 cm³/mol. The molecule has 1 aliphatic heterocycles. The second-order valence-electron chi connectivity index (χ2n) is 6.74. The molecular formula is C22H18N4O. The van der Waals surface area contributed by atoms with Gasteiger partial charge in [0.1, 0.15) is 5.82 Å². The summed E-state index contributed by atoms with van der Waals surface area (Å²) in [6.45, 7) is 0.340. The van der Waals surface area contributed by atoms with Crippen LogP contribution in [-0.2, 0) is 19.4 Å². The maximum absolute atomic E-state index is 12.6. The Morgan fingerprint density at radius 3 is 2.67 bits per heavy atom. The van der Waals surface area contributed by atoms with Crippen LogP contribution >= 0.6 is 0 Å². The van der Waals surface area contributed by atoms with Crippen molar-refractivity contribution in [1.29, 1.82) is 0 Å². The Balaban J connectivity index is 1.39. The summed E-state index contributed by atoms with van der Waals surface area (Å²) in [6.07, 6.45) is 1.83. The van der Waals surface area contributed by atoms with Crippen molar-refractivity contribution in [3.8, 4) is 5.69 Å². The fraction of sp³-hybridized carbons (Fsp3) is 0.136.